The number of nitrogens with one attached hydrogen (secondary N) is 2. The molecule has 1 fully saturated rings. The number of benzene rings is 2. The Bertz CT molecular complexity index is 1030. The summed E-state index contributed by atoms with van der Waals surface area (Å²) in [5.41, 5.74) is 2.21. The van der Waals surface area contributed by atoms with Crippen LogP contribution < -0.4 is 10.0 Å². The first kappa shape index (κ1) is 20.8. The molecule has 154 valence electrons. The molecule has 0 unspecified atom stereocenters. The van der Waals surface area contributed by atoms with Crippen molar-refractivity contribution in [1.82, 2.24) is 4.90 Å². The van der Waals surface area contributed by atoms with E-state index in [0.29, 0.717) is 54.4 Å². The molecule has 2 aromatic carbocycles. The monoisotopic (exact) mass is 417 g/mol. The number of amides is 2. The molecule has 0 saturated carbocycles. The lowest BCUT2D eigenvalue weighted by Gasteiger charge is -2.27. The van der Waals surface area contributed by atoms with Crippen LogP contribution in [0, 0.1) is 6.92 Å². The van der Waals surface area contributed by atoms with Crippen molar-refractivity contribution in [3.63, 3.8) is 0 Å². The maximum Gasteiger partial charge on any atom is 0.256 e. The van der Waals surface area contributed by atoms with Crippen LogP contribution in [-0.4, -0.2) is 57.7 Å². The molecule has 0 radical (unpaired) electrons. The fraction of sp³-hybridized carbons (Fsp3) is 0.300. The highest BCUT2D eigenvalue weighted by Gasteiger charge is 2.22. The number of carbonyl (C=O) groups is 2. The summed E-state index contributed by atoms with van der Waals surface area (Å²) < 4.78 is 30.5. The third kappa shape index (κ3) is 5.33. The Morgan fingerprint density at radius 3 is 2.38 bits per heavy atom. The van der Waals surface area contributed by atoms with E-state index in [1.54, 1.807) is 42.2 Å². The smallest absolute Gasteiger partial charge is 0.256 e. The summed E-state index contributed by atoms with van der Waals surface area (Å²) in [6.07, 6.45) is 1.06. The molecule has 2 N–H and O–H groups in total. The van der Waals surface area contributed by atoms with Gasteiger partial charge in [-0.05, 0) is 42.8 Å². The molecule has 0 bridgehead atoms. The molecule has 1 aliphatic rings. The van der Waals surface area contributed by atoms with Crippen LogP contribution in [0.5, 0.6) is 0 Å². The van der Waals surface area contributed by atoms with Crippen LogP contribution in [0.4, 0.5) is 11.4 Å². The number of anilines is 2. The summed E-state index contributed by atoms with van der Waals surface area (Å²) >= 11 is 0. The Balaban J connectivity index is 1.79. The van der Waals surface area contributed by atoms with Gasteiger partial charge in [-0.3, -0.25) is 14.3 Å². The van der Waals surface area contributed by atoms with Gasteiger partial charge in [0.2, 0.25) is 10.0 Å². The number of morpholine rings is 1. The lowest BCUT2D eigenvalue weighted by molar-refractivity contribution is 0.0303. The predicted molar refractivity (Wildman–Crippen MR) is 111 cm³/mol. The molecule has 9 heteroatoms. The summed E-state index contributed by atoms with van der Waals surface area (Å²) in [6, 6.07) is 11.5. The molecule has 1 aliphatic heterocycles. The fourth-order valence-corrected chi connectivity index (χ4v) is 3.66. The molecule has 8 nitrogen and oxygen atoms in total. The Labute approximate surface area is 169 Å². The first-order chi connectivity index (χ1) is 13.7. The van der Waals surface area contributed by atoms with Crippen molar-refractivity contribution in [3.05, 3.63) is 59.2 Å². The molecular weight excluding hydrogens is 394 g/mol. The summed E-state index contributed by atoms with van der Waals surface area (Å²) in [6.45, 7) is 3.71. The second-order valence-corrected chi connectivity index (χ2v) is 8.56. The SMILES string of the molecule is Cc1cc(C(=O)Nc2ccccc2C(=O)N2CCOCC2)ccc1NS(C)(=O)=O. The van der Waals surface area contributed by atoms with Crippen LogP contribution in [0.1, 0.15) is 26.3 Å². The number of hydrogen-bond acceptors (Lipinski definition) is 5. The lowest BCUT2D eigenvalue weighted by Crippen LogP contribution is -2.41. The summed E-state index contributed by atoms with van der Waals surface area (Å²) in [7, 11) is -3.41. The van der Waals surface area contributed by atoms with Gasteiger partial charge < -0.3 is 15.0 Å². The molecule has 1 heterocycles. The van der Waals surface area contributed by atoms with E-state index in [0.717, 1.165) is 6.26 Å². The predicted octanol–water partition coefficient (Wildman–Crippen LogP) is 2.09. The van der Waals surface area contributed by atoms with Crippen molar-refractivity contribution in [3.8, 4) is 0 Å². The number of sulfonamides is 1. The van der Waals surface area contributed by atoms with Crippen LogP contribution in [0.25, 0.3) is 0 Å². The molecular formula is C20H23N3O5S. The van der Waals surface area contributed by atoms with Gasteiger partial charge in [0, 0.05) is 18.7 Å². The number of hydrogen-bond donors (Lipinski definition) is 2. The normalized spacial score (nSPS) is 14.3. The lowest BCUT2D eigenvalue weighted by atomic mass is 10.1. The molecule has 0 atom stereocenters. The molecule has 29 heavy (non-hydrogen) atoms. The zero-order valence-corrected chi connectivity index (χ0v) is 17.1. The Morgan fingerprint density at radius 1 is 1.03 bits per heavy atom. The first-order valence-corrected chi connectivity index (χ1v) is 11.0. The zero-order chi connectivity index (χ0) is 21.0. The van der Waals surface area contributed by atoms with Gasteiger partial charge in [0.1, 0.15) is 0 Å². The van der Waals surface area contributed by atoms with Gasteiger partial charge in [0.25, 0.3) is 11.8 Å². The van der Waals surface area contributed by atoms with E-state index in [1.807, 2.05) is 0 Å². The first-order valence-electron chi connectivity index (χ1n) is 9.10. The summed E-state index contributed by atoms with van der Waals surface area (Å²) in [4.78, 5) is 27.2. The minimum atomic E-state index is -3.41. The molecule has 0 spiro atoms. The fourth-order valence-electron chi connectivity index (χ4n) is 3.03. The van der Waals surface area contributed by atoms with E-state index >= 15 is 0 Å². The molecule has 2 aromatic rings. The average molecular weight is 417 g/mol. The Morgan fingerprint density at radius 2 is 1.72 bits per heavy atom. The van der Waals surface area contributed by atoms with E-state index in [4.69, 9.17) is 4.74 Å². The maximum absolute atomic E-state index is 12.8. The highest BCUT2D eigenvalue weighted by atomic mass is 32.2. The zero-order valence-electron chi connectivity index (χ0n) is 16.3. The Hall–Kier alpha value is -2.91. The number of rotatable bonds is 5. The number of para-hydroxylation sites is 1. The van der Waals surface area contributed by atoms with Crippen LogP contribution >= 0.6 is 0 Å². The standard InChI is InChI=1S/C20H23N3O5S/c1-14-13-15(7-8-17(14)22-29(2,26)27)19(24)21-18-6-4-3-5-16(18)20(25)23-9-11-28-12-10-23/h3-8,13,22H,9-12H2,1-2H3,(H,21,24). The molecule has 3 rings (SSSR count). The third-order valence-electron chi connectivity index (χ3n) is 4.49. The highest BCUT2D eigenvalue weighted by molar-refractivity contribution is 7.92. The largest absolute Gasteiger partial charge is 0.378 e. The summed E-state index contributed by atoms with van der Waals surface area (Å²) in [5.74, 6) is -0.547. The minimum Gasteiger partial charge on any atom is -0.378 e. The van der Waals surface area contributed by atoms with Gasteiger partial charge >= 0.3 is 0 Å². The van der Waals surface area contributed by atoms with Gasteiger partial charge in [-0.15, -0.1) is 0 Å². The van der Waals surface area contributed by atoms with Crippen LogP contribution in [0.3, 0.4) is 0 Å². The summed E-state index contributed by atoms with van der Waals surface area (Å²) in [5, 5.41) is 2.79. The topological polar surface area (TPSA) is 105 Å². The van der Waals surface area contributed by atoms with Crippen molar-refractivity contribution in [2.75, 3.05) is 42.6 Å². The third-order valence-corrected chi connectivity index (χ3v) is 5.08. The minimum absolute atomic E-state index is 0.159. The second kappa shape index (κ2) is 8.62. The maximum atomic E-state index is 12.8. The second-order valence-electron chi connectivity index (χ2n) is 6.81. The highest BCUT2D eigenvalue weighted by Crippen LogP contribution is 2.21. The van der Waals surface area contributed by atoms with Crippen LogP contribution in [0.2, 0.25) is 0 Å². The Kier molecular flexibility index (Phi) is 6.19. The van der Waals surface area contributed by atoms with E-state index in [2.05, 4.69) is 10.0 Å². The average Bonchev–Trinajstić information content (AvgIpc) is 2.69. The molecule has 0 aromatic heterocycles. The van der Waals surface area contributed by atoms with Crippen molar-refractivity contribution >= 4 is 33.2 Å². The molecule has 0 aliphatic carbocycles. The quantitative estimate of drug-likeness (QED) is 0.775. The van der Waals surface area contributed by atoms with E-state index in [-0.39, 0.29) is 11.8 Å². The number of aryl methyl sites for hydroxylation is 1. The van der Waals surface area contributed by atoms with Crippen molar-refractivity contribution in [2.45, 2.75) is 6.92 Å². The van der Waals surface area contributed by atoms with Gasteiger partial charge in [-0.2, -0.15) is 0 Å². The molecule has 2 amide bonds. The van der Waals surface area contributed by atoms with E-state index in [1.165, 1.54) is 12.1 Å². The van der Waals surface area contributed by atoms with Crippen molar-refractivity contribution < 1.29 is 22.7 Å². The number of ether oxygens (including phenoxy) is 1. The van der Waals surface area contributed by atoms with Gasteiger partial charge in [-0.25, -0.2) is 8.42 Å². The van der Waals surface area contributed by atoms with Crippen LogP contribution in [0.15, 0.2) is 42.5 Å². The van der Waals surface area contributed by atoms with Gasteiger partial charge in [0.05, 0.1) is 36.4 Å². The van der Waals surface area contributed by atoms with Gasteiger partial charge in [-0.1, -0.05) is 12.1 Å². The number of carbonyl (C=O) groups excluding carboxylic acids is 2. The van der Waals surface area contributed by atoms with Crippen LogP contribution in [-0.2, 0) is 14.8 Å². The van der Waals surface area contributed by atoms with Crippen molar-refractivity contribution in [1.29, 1.82) is 0 Å². The van der Waals surface area contributed by atoms with E-state index < -0.39 is 10.0 Å². The van der Waals surface area contributed by atoms with E-state index in [9.17, 15) is 18.0 Å². The van der Waals surface area contributed by atoms with Crippen molar-refractivity contribution in [2.24, 2.45) is 0 Å². The van der Waals surface area contributed by atoms with Gasteiger partial charge in [0.15, 0.2) is 0 Å². The molecule has 1 saturated heterocycles. The number of nitrogens with zero attached hydrogens (tertiary/aromatic N) is 1.